The van der Waals surface area contributed by atoms with Crippen molar-refractivity contribution in [2.45, 2.75) is 19.3 Å². The number of carbonyl (C=O) groups excluding carboxylic acids is 2. The number of rotatable bonds is 5. The lowest BCUT2D eigenvalue weighted by molar-refractivity contribution is -0.313. The number of carbonyl (C=O) groups is 2. The molecule has 20 heavy (non-hydrogen) atoms. The summed E-state index contributed by atoms with van der Waals surface area (Å²) in [4.78, 5) is 23.1. The minimum atomic E-state index is -1.14. The van der Waals surface area contributed by atoms with Crippen molar-refractivity contribution in [3.05, 3.63) is 48.0 Å². The van der Waals surface area contributed by atoms with Crippen molar-refractivity contribution in [1.29, 1.82) is 0 Å². The Kier molecular flexibility index (Phi) is 4.93. The molecule has 4 heteroatoms. The molecule has 0 radical (unpaired) electrons. The highest BCUT2D eigenvalue weighted by molar-refractivity contribution is 5.84. The summed E-state index contributed by atoms with van der Waals surface area (Å²) in [5.41, 5.74) is 1.15. The summed E-state index contributed by atoms with van der Waals surface area (Å²) in [5.74, 6) is -2.56. The zero-order chi connectivity index (χ0) is 14.4. The highest BCUT2D eigenvalue weighted by atomic mass is 16.4. The van der Waals surface area contributed by atoms with Crippen molar-refractivity contribution >= 4 is 11.9 Å². The highest BCUT2D eigenvalue weighted by Gasteiger charge is 2.29. The molecular formula is C16H18NO3-. The summed E-state index contributed by atoms with van der Waals surface area (Å²) in [6.07, 6.45) is 5.25. The average molecular weight is 272 g/mol. The molecule has 1 aromatic rings. The van der Waals surface area contributed by atoms with Gasteiger partial charge in [0.05, 0.1) is 0 Å². The number of aliphatic carboxylic acids is 1. The van der Waals surface area contributed by atoms with E-state index in [0.717, 1.165) is 12.0 Å². The first kappa shape index (κ1) is 14.3. The number of hydrogen-bond donors (Lipinski definition) is 1. The molecule has 2 rings (SSSR count). The quantitative estimate of drug-likeness (QED) is 0.801. The maximum absolute atomic E-state index is 12.1. The molecule has 2 atom stereocenters. The molecule has 0 saturated heterocycles. The van der Waals surface area contributed by atoms with Crippen molar-refractivity contribution in [3.8, 4) is 0 Å². The fraction of sp³-hybridized carbons (Fsp3) is 0.375. The van der Waals surface area contributed by atoms with E-state index in [2.05, 4.69) is 5.32 Å². The minimum absolute atomic E-state index is 0.195. The second kappa shape index (κ2) is 6.89. The van der Waals surface area contributed by atoms with E-state index < -0.39 is 17.8 Å². The Labute approximate surface area is 118 Å². The Hall–Kier alpha value is -2.10. The van der Waals surface area contributed by atoms with E-state index in [1.165, 1.54) is 0 Å². The van der Waals surface area contributed by atoms with Crippen LogP contribution in [0.25, 0.3) is 0 Å². The fourth-order valence-corrected chi connectivity index (χ4v) is 2.47. The van der Waals surface area contributed by atoms with Gasteiger partial charge in [0.2, 0.25) is 5.91 Å². The highest BCUT2D eigenvalue weighted by Crippen LogP contribution is 2.25. The normalized spacial score (nSPS) is 21.4. The molecule has 0 saturated carbocycles. The number of nitrogens with one attached hydrogen (secondary N) is 1. The van der Waals surface area contributed by atoms with Crippen LogP contribution in [0.1, 0.15) is 18.4 Å². The van der Waals surface area contributed by atoms with Crippen LogP contribution >= 0.6 is 0 Å². The first-order chi connectivity index (χ1) is 9.68. The Morgan fingerprint density at radius 2 is 1.75 bits per heavy atom. The molecule has 0 aliphatic heterocycles. The molecule has 1 aliphatic rings. The molecule has 0 fully saturated rings. The van der Waals surface area contributed by atoms with Crippen molar-refractivity contribution in [2.24, 2.45) is 11.8 Å². The van der Waals surface area contributed by atoms with Crippen LogP contribution < -0.4 is 10.4 Å². The summed E-state index contributed by atoms with van der Waals surface area (Å²) in [7, 11) is 0. The minimum Gasteiger partial charge on any atom is -0.550 e. The third kappa shape index (κ3) is 3.70. The third-order valence-corrected chi connectivity index (χ3v) is 3.63. The summed E-state index contributed by atoms with van der Waals surface area (Å²) in [6.45, 7) is 0.517. The van der Waals surface area contributed by atoms with Gasteiger partial charge in [0.1, 0.15) is 0 Å². The lowest BCUT2D eigenvalue weighted by Gasteiger charge is -2.28. The lowest BCUT2D eigenvalue weighted by atomic mass is 9.82. The van der Waals surface area contributed by atoms with Gasteiger partial charge in [-0.2, -0.15) is 0 Å². The standard InChI is InChI=1S/C16H19NO3/c18-15(13-8-4-5-9-14(13)16(19)20)17-11-10-12-6-2-1-3-7-12/h1-7,13-14H,8-11H2,(H,17,18)(H,19,20)/p-1/t13-,14+/m0/s1. The van der Waals surface area contributed by atoms with E-state index in [-0.39, 0.29) is 5.91 Å². The molecule has 0 unspecified atom stereocenters. The molecule has 0 heterocycles. The Morgan fingerprint density at radius 1 is 1.10 bits per heavy atom. The smallest absolute Gasteiger partial charge is 0.224 e. The van der Waals surface area contributed by atoms with Crippen molar-refractivity contribution in [1.82, 2.24) is 5.32 Å². The lowest BCUT2D eigenvalue weighted by Crippen LogP contribution is -2.44. The molecule has 0 aromatic heterocycles. The van der Waals surface area contributed by atoms with Crippen LogP contribution in [0, 0.1) is 11.8 Å². The number of carboxylic acid groups (broad SMARTS) is 1. The van der Waals surface area contributed by atoms with Crippen LogP contribution in [0.2, 0.25) is 0 Å². The van der Waals surface area contributed by atoms with Crippen LogP contribution in [-0.2, 0) is 16.0 Å². The molecule has 1 aliphatic carbocycles. The van der Waals surface area contributed by atoms with Gasteiger partial charge in [0.15, 0.2) is 0 Å². The zero-order valence-corrected chi connectivity index (χ0v) is 11.2. The summed E-state index contributed by atoms with van der Waals surface area (Å²) in [6, 6.07) is 9.85. The predicted molar refractivity (Wildman–Crippen MR) is 73.5 cm³/mol. The number of amides is 1. The maximum Gasteiger partial charge on any atom is 0.224 e. The summed E-state index contributed by atoms with van der Waals surface area (Å²) >= 11 is 0. The Bertz CT molecular complexity index is 496. The van der Waals surface area contributed by atoms with Crippen molar-refractivity contribution in [3.63, 3.8) is 0 Å². The van der Waals surface area contributed by atoms with Crippen molar-refractivity contribution < 1.29 is 14.7 Å². The monoisotopic (exact) mass is 272 g/mol. The molecular weight excluding hydrogens is 254 g/mol. The van der Waals surface area contributed by atoms with Gasteiger partial charge in [0, 0.05) is 24.3 Å². The number of benzene rings is 1. The summed E-state index contributed by atoms with van der Waals surface area (Å²) in [5, 5.41) is 13.9. The van der Waals surface area contributed by atoms with Crippen LogP contribution in [0.4, 0.5) is 0 Å². The second-order valence-corrected chi connectivity index (χ2v) is 5.00. The van der Waals surface area contributed by atoms with E-state index in [9.17, 15) is 14.7 Å². The van der Waals surface area contributed by atoms with Crippen LogP contribution in [-0.4, -0.2) is 18.4 Å². The zero-order valence-electron chi connectivity index (χ0n) is 11.2. The number of hydrogen-bond acceptors (Lipinski definition) is 3. The van der Waals surface area contributed by atoms with Gasteiger partial charge in [0.25, 0.3) is 0 Å². The van der Waals surface area contributed by atoms with E-state index >= 15 is 0 Å². The van der Waals surface area contributed by atoms with Crippen LogP contribution in [0.3, 0.4) is 0 Å². The molecule has 4 nitrogen and oxygen atoms in total. The molecule has 1 aromatic carbocycles. The van der Waals surface area contributed by atoms with E-state index in [0.29, 0.717) is 19.4 Å². The predicted octanol–water partition coefficient (Wildman–Crippen LogP) is 0.678. The first-order valence-corrected chi connectivity index (χ1v) is 6.86. The van der Waals surface area contributed by atoms with Gasteiger partial charge in [-0.15, -0.1) is 0 Å². The molecule has 106 valence electrons. The van der Waals surface area contributed by atoms with Crippen LogP contribution in [0.5, 0.6) is 0 Å². The third-order valence-electron chi connectivity index (χ3n) is 3.63. The van der Waals surface area contributed by atoms with Gasteiger partial charge < -0.3 is 15.2 Å². The van der Waals surface area contributed by atoms with Gasteiger partial charge in [-0.3, -0.25) is 4.79 Å². The van der Waals surface area contributed by atoms with Crippen molar-refractivity contribution in [2.75, 3.05) is 6.54 Å². The van der Waals surface area contributed by atoms with Gasteiger partial charge in [-0.05, 0) is 24.8 Å². The molecule has 1 N–H and O–H groups in total. The van der Waals surface area contributed by atoms with E-state index in [1.54, 1.807) is 6.08 Å². The number of allylic oxidation sites excluding steroid dienone is 2. The summed E-state index contributed by atoms with van der Waals surface area (Å²) < 4.78 is 0. The second-order valence-electron chi connectivity index (χ2n) is 5.00. The average Bonchev–Trinajstić information content (AvgIpc) is 2.48. The first-order valence-electron chi connectivity index (χ1n) is 6.86. The molecule has 1 amide bonds. The van der Waals surface area contributed by atoms with Crippen LogP contribution in [0.15, 0.2) is 42.5 Å². The number of carboxylic acids is 1. The Balaban J connectivity index is 1.85. The topological polar surface area (TPSA) is 69.2 Å². The SMILES string of the molecule is O=C(NCCc1ccccc1)[C@H]1CC=CC[C@H]1C(=O)[O-]. The molecule has 0 spiro atoms. The molecule has 0 bridgehead atoms. The van der Waals surface area contributed by atoms with Gasteiger partial charge >= 0.3 is 0 Å². The van der Waals surface area contributed by atoms with Gasteiger partial charge in [-0.25, -0.2) is 0 Å². The largest absolute Gasteiger partial charge is 0.550 e. The Morgan fingerprint density at radius 3 is 2.40 bits per heavy atom. The van der Waals surface area contributed by atoms with E-state index in [4.69, 9.17) is 0 Å². The fourth-order valence-electron chi connectivity index (χ4n) is 2.47. The maximum atomic E-state index is 12.1. The van der Waals surface area contributed by atoms with E-state index in [1.807, 2.05) is 36.4 Å². The van der Waals surface area contributed by atoms with Gasteiger partial charge in [-0.1, -0.05) is 42.5 Å².